The number of benzene rings is 1. The van der Waals surface area contributed by atoms with Crippen molar-refractivity contribution in [2.45, 2.75) is 45.1 Å². The van der Waals surface area contributed by atoms with E-state index >= 15 is 0 Å². The van der Waals surface area contributed by atoms with Gasteiger partial charge in [-0.15, -0.1) is 0 Å². The standard InChI is InChI=1S/C21H25N3O4/c1-14(23)18(12-22)19(25)13-28-21(27)17-11-7-6-10-16(17)20(26)24(2)15-8-4-3-5-9-15/h6-7,10-11,15H,3-5,8-9,13,23H2,1-2H3/b18-14+. The van der Waals surface area contributed by atoms with Gasteiger partial charge in [-0.25, -0.2) is 4.79 Å². The van der Waals surface area contributed by atoms with Crippen LogP contribution in [0.4, 0.5) is 0 Å². The van der Waals surface area contributed by atoms with Gasteiger partial charge in [-0.05, 0) is 31.9 Å². The van der Waals surface area contributed by atoms with Crippen molar-refractivity contribution in [3.05, 3.63) is 46.7 Å². The van der Waals surface area contributed by atoms with Crippen LogP contribution in [0, 0.1) is 11.3 Å². The molecule has 2 N–H and O–H groups in total. The van der Waals surface area contributed by atoms with Crippen LogP contribution in [0.25, 0.3) is 0 Å². The van der Waals surface area contributed by atoms with Crippen LogP contribution >= 0.6 is 0 Å². The molecule has 0 saturated heterocycles. The topological polar surface area (TPSA) is 113 Å². The number of amides is 1. The first kappa shape index (κ1) is 21.2. The number of Topliss-reactive ketones (excluding diaryl/α,β-unsaturated/α-hetero) is 1. The molecule has 0 aromatic heterocycles. The summed E-state index contributed by atoms with van der Waals surface area (Å²) in [6, 6.07) is 8.22. The number of esters is 1. The summed E-state index contributed by atoms with van der Waals surface area (Å²) in [4.78, 5) is 39.1. The Hall–Kier alpha value is -3.14. The van der Waals surface area contributed by atoms with Gasteiger partial charge >= 0.3 is 5.97 Å². The Labute approximate surface area is 164 Å². The van der Waals surface area contributed by atoms with Crippen molar-refractivity contribution < 1.29 is 19.1 Å². The molecular formula is C21H25N3O4. The molecule has 1 aromatic rings. The number of rotatable bonds is 6. The third-order valence-electron chi connectivity index (χ3n) is 4.94. The molecule has 0 spiro atoms. The summed E-state index contributed by atoms with van der Waals surface area (Å²) in [5.74, 6) is -1.72. The van der Waals surface area contributed by atoms with Crippen LogP contribution in [0.1, 0.15) is 59.7 Å². The fraction of sp³-hybridized carbons (Fsp3) is 0.429. The third-order valence-corrected chi connectivity index (χ3v) is 4.94. The van der Waals surface area contributed by atoms with Gasteiger partial charge in [-0.2, -0.15) is 5.26 Å². The molecular weight excluding hydrogens is 358 g/mol. The van der Waals surface area contributed by atoms with Crippen molar-refractivity contribution in [1.29, 1.82) is 5.26 Å². The number of allylic oxidation sites excluding steroid dienone is 1. The van der Waals surface area contributed by atoms with E-state index in [-0.39, 0.29) is 34.3 Å². The zero-order valence-corrected chi connectivity index (χ0v) is 16.2. The van der Waals surface area contributed by atoms with Crippen LogP contribution in [-0.2, 0) is 9.53 Å². The average molecular weight is 383 g/mol. The second-order valence-corrected chi connectivity index (χ2v) is 6.92. The Balaban J connectivity index is 2.13. The highest BCUT2D eigenvalue weighted by Crippen LogP contribution is 2.24. The molecule has 0 bridgehead atoms. The highest BCUT2D eigenvalue weighted by molar-refractivity contribution is 6.06. The second kappa shape index (κ2) is 9.70. The van der Waals surface area contributed by atoms with E-state index in [4.69, 9.17) is 15.7 Å². The number of hydrogen-bond acceptors (Lipinski definition) is 6. The highest BCUT2D eigenvalue weighted by atomic mass is 16.5. The molecule has 1 aliphatic carbocycles. The molecule has 28 heavy (non-hydrogen) atoms. The van der Waals surface area contributed by atoms with Gasteiger partial charge in [-0.3, -0.25) is 9.59 Å². The van der Waals surface area contributed by atoms with Gasteiger partial charge in [0.2, 0.25) is 5.78 Å². The van der Waals surface area contributed by atoms with Crippen LogP contribution in [0.15, 0.2) is 35.5 Å². The predicted molar refractivity (Wildman–Crippen MR) is 103 cm³/mol. The van der Waals surface area contributed by atoms with E-state index in [0.717, 1.165) is 25.7 Å². The lowest BCUT2D eigenvalue weighted by atomic mass is 9.94. The van der Waals surface area contributed by atoms with Gasteiger partial charge in [0.25, 0.3) is 5.91 Å². The molecule has 0 atom stereocenters. The van der Waals surface area contributed by atoms with Gasteiger partial charge < -0.3 is 15.4 Å². The lowest BCUT2D eigenvalue weighted by Crippen LogP contribution is -2.39. The van der Waals surface area contributed by atoms with Crippen LogP contribution in [0.2, 0.25) is 0 Å². The van der Waals surface area contributed by atoms with E-state index in [1.165, 1.54) is 19.4 Å². The summed E-state index contributed by atoms with van der Waals surface area (Å²) >= 11 is 0. The number of ketones is 1. The summed E-state index contributed by atoms with van der Waals surface area (Å²) in [5, 5.41) is 8.95. The Morgan fingerprint density at radius 2 is 1.79 bits per heavy atom. The number of nitrogens with zero attached hydrogens (tertiary/aromatic N) is 2. The number of carbonyl (C=O) groups excluding carboxylic acids is 3. The van der Waals surface area contributed by atoms with Gasteiger partial charge in [0.1, 0.15) is 11.6 Å². The largest absolute Gasteiger partial charge is 0.454 e. The molecule has 1 aromatic carbocycles. The lowest BCUT2D eigenvalue weighted by molar-refractivity contribution is -0.118. The fourth-order valence-electron chi connectivity index (χ4n) is 3.32. The van der Waals surface area contributed by atoms with Gasteiger partial charge in [-0.1, -0.05) is 31.4 Å². The van der Waals surface area contributed by atoms with E-state index in [1.54, 1.807) is 36.2 Å². The normalized spacial score (nSPS) is 15.2. The molecule has 7 heteroatoms. The molecule has 1 fully saturated rings. The lowest BCUT2D eigenvalue weighted by Gasteiger charge is -2.31. The fourth-order valence-corrected chi connectivity index (χ4v) is 3.32. The van der Waals surface area contributed by atoms with Crippen molar-refractivity contribution in [2.75, 3.05) is 13.7 Å². The minimum atomic E-state index is -0.790. The first-order valence-corrected chi connectivity index (χ1v) is 9.29. The molecule has 0 unspecified atom stereocenters. The molecule has 7 nitrogen and oxygen atoms in total. The maximum atomic E-state index is 12.9. The van der Waals surface area contributed by atoms with E-state index in [9.17, 15) is 14.4 Å². The molecule has 1 saturated carbocycles. The Bertz CT molecular complexity index is 828. The monoisotopic (exact) mass is 383 g/mol. The Morgan fingerprint density at radius 3 is 2.36 bits per heavy atom. The molecule has 1 amide bonds. The zero-order valence-electron chi connectivity index (χ0n) is 16.2. The van der Waals surface area contributed by atoms with E-state index < -0.39 is 18.4 Å². The molecule has 2 rings (SSSR count). The number of hydrogen-bond donors (Lipinski definition) is 1. The molecule has 0 aliphatic heterocycles. The molecule has 148 valence electrons. The van der Waals surface area contributed by atoms with Crippen molar-refractivity contribution >= 4 is 17.7 Å². The zero-order chi connectivity index (χ0) is 20.7. The van der Waals surface area contributed by atoms with Crippen LogP contribution in [-0.4, -0.2) is 42.3 Å². The number of nitrogens with two attached hydrogens (primary N) is 1. The maximum Gasteiger partial charge on any atom is 0.339 e. The Morgan fingerprint density at radius 1 is 1.18 bits per heavy atom. The molecule has 0 radical (unpaired) electrons. The minimum absolute atomic E-state index is 0.0632. The number of nitriles is 1. The van der Waals surface area contributed by atoms with Crippen molar-refractivity contribution in [3.8, 4) is 6.07 Å². The van der Waals surface area contributed by atoms with Gasteiger partial charge in [0.15, 0.2) is 6.61 Å². The number of ether oxygens (including phenoxy) is 1. The molecule has 1 aliphatic rings. The molecule has 0 heterocycles. The SMILES string of the molecule is C/C(N)=C(/C#N)C(=O)COC(=O)c1ccccc1C(=O)N(C)C1CCCCC1. The summed E-state index contributed by atoms with van der Waals surface area (Å²) in [7, 11) is 1.75. The van der Waals surface area contributed by atoms with E-state index in [2.05, 4.69) is 0 Å². The smallest absolute Gasteiger partial charge is 0.339 e. The summed E-state index contributed by atoms with van der Waals surface area (Å²) in [6.07, 6.45) is 5.25. The van der Waals surface area contributed by atoms with E-state index in [1.807, 2.05) is 0 Å². The first-order valence-electron chi connectivity index (χ1n) is 9.29. The van der Waals surface area contributed by atoms with E-state index in [0.29, 0.717) is 0 Å². The Kier molecular flexibility index (Phi) is 7.33. The quantitative estimate of drug-likeness (QED) is 0.459. The number of carbonyl (C=O) groups is 3. The predicted octanol–water partition coefficient (Wildman–Crippen LogP) is 2.57. The van der Waals surface area contributed by atoms with Crippen molar-refractivity contribution in [3.63, 3.8) is 0 Å². The van der Waals surface area contributed by atoms with Gasteiger partial charge in [0, 0.05) is 18.8 Å². The van der Waals surface area contributed by atoms with Crippen LogP contribution < -0.4 is 5.73 Å². The summed E-state index contributed by atoms with van der Waals surface area (Å²) in [6.45, 7) is 0.810. The van der Waals surface area contributed by atoms with Gasteiger partial charge in [0.05, 0.1) is 11.1 Å². The maximum absolute atomic E-state index is 12.9. The summed E-state index contributed by atoms with van der Waals surface area (Å²) < 4.78 is 5.04. The summed E-state index contributed by atoms with van der Waals surface area (Å²) in [5.41, 5.74) is 5.63. The second-order valence-electron chi connectivity index (χ2n) is 6.92. The third kappa shape index (κ3) is 4.97. The minimum Gasteiger partial charge on any atom is -0.454 e. The highest BCUT2D eigenvalue weighted by Gasteiger charge is 2.26. The first-order chi connectivity index (χ1) is 13.4. The average Bonchev–Trinajstić information content (AvgIpc) is 2.71. The van der Waals surface area contributed by atoms with Crippen LogP contribution in [0.3, 0.4) is 0 Å². The van der Waals surface area contributed by atoms with Crippen molar-refractivity contribution in [1.82, 2.24) is 4.90 Å². The van der Waals surface area contributed by atoms with Crippen molar-refractivity contribution in [2.24, 2.45) is 5.73 Å². The van der Waals surface area contributed by atoms with Crippen LogP contribution in [0.5, 0.6) is 0 Å².